The Labute approximate surface area is 97.6 Å². The fourth-order valence-corrected chi connectivity index (χ4v) is 1.42. The third-order valence-corrected chi connectivity index (χ3v) is 2.50. The molecular weight excluding hydrogens is 222 g/mol. The van der Waals surface area contributed by atoms with Crippen LogP contribution in [0.5, 0.6) is 0 Å². The van der Waals surface area contributed by atoms with Crippen molar-refractivity contribution in [3.8, 4) is 0 Å². The molecule has 0 spiro atoms. The Morgan fingerprint density at radius 2 is 2.35 bits per heavy atom. The van der Waals surface area contributed by atoms with Crippen LogP contribution >= 0.6 is 0 Å². The smallest absolute Gasteiger partial charge is 0.256 e. The van der Waals surface area contributed by atoms with Gasteiger partial charge in [0.25, 0.3) is 5.91 Å². The van der Waals surface area contributed by atoms with Gasteiger partial charge in [0.1, 0.15) is 17.1 Å². The van der Waals surface area contributed by atoms with Crippen molar-refractivity contribution in [3.05, 3.63) is 29.3 Å². The molecule has 0 aliphatic rings. The minimum atomic E-state index is -0.244. The molecule has 7 nitrogen and oxygen atoms in total. The molecule has 0 aromatic carbocycles. The van der Waals surface area contributed by atoms with Gasteiger partial charge in [-0.05, 0) is 6.92 Å². The van der Waals surface area contributed by atoms with Crippen molar-refractivity contribution in [1.29, 1.82) is 0 Å². The van der Waals surface area contributed by atoms with Crippen LogP contribution in [0.3, 0.4) is 0 Å². The normalized spacial score (nSPS) is 10.5. The maximum absolute atomic E-state index is 11.7. The second-order valence-corrected chi connectivity index (χ2v) is 3.66. The number of nitrogens with one attached hydrogen (secondary N) is 1. The number of aryl methyl sites for hydroxylation is 2. The summed E-state index contributed by atoms with van der Waals surface area (Å²) < 4.78 is 6.36. The Bertz CT molecular complexity index is 543. The molecule has 7 heteroatoms. The van der Waals surface area contributed by atoms with Crippen LogP contribution in [0.15, 0.2) is 16.9 Å². The Hall–Kier alpha value is -2.31. The number of carbonyl (C=O) groups excluding carboxylic acids is 1. The molecule has 90 valence electrons. The van der Waals surface area contributed by atoms with Crippen molar-refractivity contribution < 1.29 is 9.32 Å². The number of carbonyl (C=O) groups is 1. The van der Waals surface area contributed by atoms with E-state index in [9.17, 15) is 4.79 Å². The standard InChI is InChI=1S/C10H13N5O2/c1-6-8(5-14-17-6)10(16)12-3-7-4-13-15(2)9(7)11/h4-5H,3,11H2,1-2H3,(H,12,16). The lowest BCUT2D eigenvalue weighted by Gasteiger charge is -2.03. The van der Waals surface area contributed by atoms with Crippen LogP contribution in [0, 0.1) is 6.92 Å². The average Bonchev–Trinajstić information content (AvgIpc) is 2.85. The number of hydrogen-bond donors (Lipinski definition) is 2. The van der Waals surface area contributed by atoms with Crippen LogP contribution in [-0.2, 0) is 13.6 Å². The first-order valence-corrected chi connectivity index (χ1v) is 5.05. The molecular formula is C10H13N5O2. The molecule has 2 aromatic heterocycles. The number of aromatic nitrogens is 3. The Morgan fingerprint density at radius 1 is 1.59 bits per heavy atom. The van der Waals surface area contributed by atoms with E-state index < -0.39 is 0 Å². The second-order valence-electron chi connectivity index (χ2n) is 3.66. The fourth-order valence-electron chi connectivity index (χ4n) is 1.42. The fraction of sp³-hybridized carbons (Fsp3) is 0.300. The van der Waals surface area contributed by atoms with Gasteiger partial charge in [-0.25, -0.2) is 0 Å². The summed E-state index contributed by atoms with van der Waals surface area (Å²) in [5.41, 5.74) is 6.95. The molecule has 0 fully saturated rings. The van der Waals surface area contributed by atoms with Crippen molar-refractivity contribution in [2.45, 2.75) is 13.5 Å². The topological polar surface area (TPSA) is 99.0 Å². The predicted molar refractivity (Wildman–Crippen MR) is 60.0 cm³/mol. The molecule has 2 rings (SSSR count). The number of hydrogen-bond acceptors (Lipinski definition) is 5. The number of nitrogens with zero attached hydrogens (tertiary/aromatic N) is 3. The summed E-state index contributed by atoms with van der Waals surface area (Å²) >= 11 is 0. The van der Waals surface area contributed by atoms with E-state index in [1.54, 1.807) is 24.9 Å². The number of nitrogens with two attached hydrogens (primary N) is 1. The molecule has 0 bridgehead atoms. The lowest BCUT2D eigenvalue weighted by molar-refractivity contribution is 0.0949. The molecule has 1 amide bonds. The van der Waals surface area contributed by atoms with Crippen LogP contribution < -0.4 is 11.1 Å². The minimum Gasteiger partial charge on any atom is -0.384 e. The van der Waals surface area contributed by atoms with E-state index in [4.69, 9.17) is 10.3 Å². The maximum atomic E-state index is 11.7. The zero-order chi connectivity index (χ0) is 12.4. The van der Waals surface area contributed by atoms with E-state index in [-0.39, 0.29) is 5.91 Å². The number of amides is 1. The van der Waals surface area contributed by atoms with Gasteiger partial charge in [-0.3, -0.25) is 9.48 Å². The zero-order valence-corrected chi connectivity index (χ0v) is 9.60. The van der Waals surface area contributed by atoms with E-state index >= 15 is 0 Å². The van der Waals surface area contributed by atoms with E-state index in [1.165, 1.54) is 6.20 Å². The molecule has 0 unspecified atom stereocenters. The first kappa shape index (κ1) is 11.2. The molecule has 0 saturated carbocycles. The van der Waals surface area contributed by atoms with Crippen LogP contribution in [0.25, 0.3) is 0 Å². The van der Waals surface area contributed by atoms with Gasteiger partial charge in [-0.2, -0.15) is 5.10 Å². The lowest BCUT2D eigenvalue weighted by Crippen LogP contribution is -2.23. The number of nitrogen functional groups attached to an aromatic ring is 1. The van der Waals surface area contributed by atoms with Crippen molar-refractivity contribution in [2.75, 3.05) is 5.73 Å². The largest absolute Gasteiger partial charge is 0.384 e. The second kappa shape index (κ2) is 4.28. The molecule has 3 N–H and O–H groups in total. The van der Waals surface area contributed by atoms with Gasteiger partial charge in [-0.15, -0.1) is 0 Å². The summed E-state index contributed by atoms with van der Waals surface area (Å²) in [5, 5.41) is 10.3. The molecule has 17 heavy (non-hydrogen) atoms. The number of anilines is 1. The van der Waals surface area contributed by atoms with Crippen LogP contribution in [-0.4, -0.2) is 20.8 Å². The van der Waals surface area contributed by atoms with Crippen molar-refractivity contribution in [3.63, 3.8) is 0 Å². The molecule has 2 heterocycles. The van der Waals surface area contributed by atoms with Crippen LogP contribution in [0.1, 0.15) is 21.7 Å². The zero-order valence-electron chi connectivity index (χ0n) is 9.60. The van der Waals surface area contributed by atoms with Gasteiger partial charge in [0.05, 0.1) is 12.4 Å². The van der Waals surface area contributed by atoms with Crippen molar-refractivity contribution in [1.82, 2.24) is 20.3 Å². The third kappa shape index (κ3) is 2.12. The first-order chi connectivity index (χ1) is 8.09. The number of rotatable bonds is 3. The van der Waals surface area contributed by atoms with Crippen LogP contribution in [0.2, 0.25) is 0 Å². The van der Waals surface area contributed by atoms with Gasteiger partial charge in [0.15, 0.2) is 0 Å². The van der Waals surface area contributed by atoms with E-state index in [1.807, 2.05) is 0 Å². The average molecular weight is 235 g/mol. The Balaban J connectivity index is 2.02. The highest BCUT2D eigenvalue weighted by atomic mass is 16.5. The maximum Gasteiger partial charge on any atom is 0.256 e. The van der Waals surface area contributed by atoms with Gasteiger partial charge in [0, 0.05) is 19.2 Å². The summed E-state index contributed by atoms with van der Waals surface area (Å²) in [6.07, 6.45) is 3.01. The quantitative estimate of drug-likeness (QED) is 0.793. The highest BCUT2D eigenvalue weighted by Crippen LogP contribution is 2.10. The molecule has 0 atom stereocenters. The summed E-state index contributed by atoms with van der Waals surface area (Å²) in [7, 11) is 1.74. The SMILES string of the molecule is Cc1oncc1C(=O)NCc1cnn(C)c1N. The monoisotopic (exact) mass is 235 g/mol. The van der Waals surface area contributed by atoms with Gasteiger partial charge in [0.2, 0.25) is 0 Å². The molecule has 0 radical (unpaired) electrons. The highest BCUT2D eigenvalue weighted by molar-refractivity contribution is 5.94. The first-order valence-electron chi connectivity index (χ1n) is 5.05. The Morgan fingerprint density at radius 3 is 2.88 bits per heavy atom. The van der Waals surface area contributed by atoms with E-state index in [0.29, 0.717) is 23.7 Å². The molecule has 0 aliphatic carbocycles. The van der Waals surface area contributed by atoms with E-state index in [2.05, 4.69) is 15.6 Å². The molecule has 2 aromatic rings. The van der Waals surface area contributed by atoms with Crippen molar-refractivity contribution in [2.24, 2.45) is 7.05 Å². The van der Waals surface area contributed by atoms with Gasteiger partial charge in [-0.1, -0.05) is 5.16 Å². The summed E-state index contributed by atoms with van der Waals surface area (Å²) in [4.78, 5) is 11.7. The molecule has 0 aliphatic heterocycles. The summed E-state index contributed by atoms with van der Waals surface area (Å²) in [6, 6.07) is 0. The van der Waals surface area contributed by atoms with Gasteiger partial charge < -0.3 is 15.6 Å². The minimum absolute atomic E-state index is 0.244. The van der Waals surface area contributed by atoms with E-state index in [0.717, 1.165) is 5.56 Å². The summed E-state index contributed by atoms with van der Waals surface area (Å²) in [6.45, 7) is 2.00. The lowest BCUT2D eigenvalue weighted by atomic mass is 10.2. The molecule has 0 saturated heterocycles. The van der Waals surface area contributed by atoms with Gasteiger partial charge >= 0.3 is 0 Å². The Kier molecular flexibility index (Phi) is 2.82. The van der Waals surface area contributed by atoms with Crippen LogP contribution in [0.4, 0.5) is 5.82 Å². The van der Waals surface area contributed by atoms with Crippen molar-refractivity contribution >= 4 is 11.7 Å². The predicted octanol–water partition coefficient (Wildman–Crippen LogP) is 0.229. The summed E-state index contributed by atoms with van der Waals surface area (Å²) in [5.74, 6) is 0.779. The third-order valence-electron chi connectivity index (χ3n) is 2.50. The highest BCUT2D eigenvalue weighted by Gasteiger charge is 2.13.